The van der Waals surface area contributed by atoms with E-state index in [0.29, 0.717) is 37.1 Å². The van der Waals surface area contributed by atoms with Crippen LogP contribution >= 0.6 is 0 Å². The molecule has 0 aliphatic carbocycles. The van der Waals surface area contributed by atoms with Crippen molar-refractivity contribution in [3.05, 3.63) is 30.3 Å². The second-order valence-corrected chi connectivity index (χ2v) is 10.1. The summed E-state index contributed by atoms with van der Waals surface area (Å²) in [6.07, 6.45) is 3.13. The van der Waals surface area contributed by atoms with Gasteiger partial charge in [-0.3, -0.25) is 0 Å². The maximum absolute atomic E-state index is 14.5. The molecule has 11 nitrogen and oxygen atoms in total. The Hall–Kier alpha value is -3.35. The molecule has 3 aromatic rings. The van der Waals surface area contributed by atoms with E-state index in [9.17, 15) is 17.6 Å². The van der Waals surface area contributed by atoms with E-state index in [0.717, 1.165) is 12.3 Å². The average Bonchev–Trinajstić information content (AvgIpc) is 3.19. The van der Waals surface area contributed by atoms with Crippen LogP contribution in [0.2, 0.25) is 0 Å². The fourth-order valence-corrected chi connectivity index (χ4v) is 4.26. The van der Waals surface area contributed by atoms with Gasteiger partial charge in [-0.25, -0.2) is 32.3 Å². The standard InChI is InChI=1S/C20H24FN7O4S/c1-12(2)32-20(29)27-8-6-13(7-9-27)28-19-17(25-26-28)18(22-11-23-19)24-16-5-4-14(10-15(16)21)33(3,30)31/h4-5,10-13H,6-9H2,1-3H3,(H,22,23,24). The minimum absolute atomic E-state index is 0.0216. The molecule has 3 heterocycles. The summed E-state index contributed by atoms with van der Waals surface area (Å²) in [4.78, 5) is 22.1. The SMILES string of the molecule is CC(C)OC(=O)N1CCC(n2nnc3c(Nc4ccc(S(C)(=O)=O)cc4F)ncnc32)CC1. The molecule has 176 valence electrons. The zero-order valence-electron chi connectivity index (χ0n) is 18.4. The van der Waals surface area contributed by atoms with Gasteiger partial charge in [0.2, 0.25) is 0 Å². The van der Waals surface area contributed by atoms with Crippen molar-refractivity contribution in [3.63, 3.8) is 0 Å². The summed E-state index contributed by atoms with van der Waals surface area (Å²) in [7, 11) is -3.53. The highest BCUT2D eigenvalue weighted by Crippen LogP contribution is 2.29. The number of sulfone groups is 1. The number of hydrogen-bond acceptors (Lipinski definition) is 9. The summed E-state index contributed by atoms with van der Waals surface area (Å²) < 4.78 is 44.7. The molecule has 1 aliphatic heterocycles. The minimum Gasteiger partial charge on any atom is -0.447 e. The highest BCUT2D eigenvalue weighted by molar-refractivity contribution is 7.90. The Balaban J connectivity index is 1.53. The van der Waals surface area contributed by atoms with Crippen molar-refractivity contribution in [1.29, 1.82) is 0 Å². The number of halogens is 1. The number of benzene rings is 1. The number of carbonyl (C=O) groups excluding carboxylic acids is 1. The van der Waals surface area contributed by atoms with Gasteiger partial charge in [-0.05, 0) is 44.9 Å². The number of piperidine rings is 1. The van der Waals surface area contributed by atoms with Crippen molar-refractivity contribution in [1.82, 2.24) is 29.9 Å². The third-order valence-electron chi connectivity index (χ3n) is 5.29. The van der Waals surface area contributed by atoms with Crippen LogP contribution in [0.4, 0.5) is 20.7 Å². The number of likely N-dealkylation sites (tertiary alicyclic amines) is 1. The summed E-state index contributed by atoms with van der Waals surface area (Å²) in [5, 5.41) is 11.2. The number of amides is 1. The van der Waals surface area contributed by atoms with E-state index in [-0.39, 0.29) is 34.6 Å². The molecule has 1 saturated heterocycles. The molecule has 0 atom stereocenters. The van der Waals surface area contributed by atoms with Crippen molar-refractivity contribution < 1.29 is 22.3 Å². The number of hydrogen-bond donors (Lipinski definition) is 1. The molecule has 0 bridgehead atoms. The first kappa shape index (κ1) is 22.8. The molecule has 1 amide bonds. The van der Waals surface area contributed by atoms with Crippen LogP contribution in [0, 0.1) is 5.82 Å². The van der Waals surface area contributed by atoms with Crippen LogP contribution in [0.15, 0.2) is 29.4 Å². The maximum atomic E-state index is 14.5. The first-order chi connectivity index (χ1) is 15.6. The Morgan fingerprint density at radius 3 is 2.61 bits per heavy atom. The zero-order chi connectivity index (χ0) is 23.8. The minimum atomic E-state index is -3.53. The summed E-state index contributed by atoms with van der Waals surface area (Å²) in [6, 6.07) is 3.57. The molecule has 33 heavy (non-hydrogen) atoms. The Bertz CT molecular complexity index is 1290. The number of fused-ring (bicyclic) bond motifs is 1. The zero-order valence-corrected chi connectivity index (χ0v) is 19.2. The monoisotopic (exact) mass is 477 g/mol. The highest BCUT2D eigenvalue weighted by atomic mass is 32.2. The van der Waals surface area contributed by atoms with Crippen molar-refractivity contribution in [3.8, 4) is 0 Å². The quantitative estimate of drug-likeness (QED) is 0.589. The lowest BCUT2D eigenvalue weighted by Gasteiger charge is -2.31. The van der Waals surface area contributed by atoms with Crippen LogP contribution in [0.5, 0.6) is 0 Å². The van der Waals surface area contributed by atoms with Gasteiger partial charge in [0.15, 0.2) is 26.8 Å². The first-order valence-electron chi connectivity index (χ1n) is 10.4. The van der Waals surface area contributed by atoms with Crippen molar-refractivity contribution in [2.45, 2.75) is 43.7 Å². The van der Waals surface area contributed by atoms with E-state index in [1.165, 1.54) is 18.5 Å². The van der Waals surface area contributed by atoms with Gasteiger partial charge in [-0.1, -0.05) is 5.21 Å². The van der Waals surface area contributed by atoms with Crippen LogP contribution in [0.1, 0.15) is 32.7 Å². The normalized spacial score (nSPS) is 15.2. The number of carbonyl (C=O) groups is 1. The van der Waals surface area contributed by atoms with Crippen LogP contribution in [-0.2, 0) is 14.6 Å². The molecule has 0 spiro atoms. The predicted molar refractivity (Wildman–Crippen MR) is 117 cm³/mol. The third-order valence-corrected chi connectivity index (χ3v) is 6.40. The molecule has 2 aromatic heterocycles. The largest absolute Gasteiger partial charge is 0.447 e. The molecule has 0 radical (unpaired) electrons. The van der Waals surface area contributed by atoms with Gasteiger partial charge >= 0.3 is 6.09 Å². The van der Waals surface area contributed by atoms with E-state index < -0.39 is 15.7 Å². The Labute approximate surface area is 189 Å². The summed E-state index contributed by atoms with van der Waals surface area (Å²) in [5.74, 6) is -0.493. The molecule has 0 unspecified atom stereocenters. The van der Waals surface area contributed by atoms with E-state index >= 15 is 0 Å². The number of aromatic nitrogens is 5. The lowest BCUT2D eigenvalue weighted by molar-refractivity contribution is 0.0654. The van der Waals surface area contributed by atoms with Crippen LogP contribution in [0.3, 0.4) is 0 Å². The molecule has 1 N–H and O–H groups in total. The van der Waals surface area contributed by atoms with Crippen molar-refractivity contribution in [2.75, 3.05) is 24.7 Å². The van der Waals surface area contributed by atoms with Gasteiger partial charge in [0.05, 0.1) is 22.7 Å². The molecule has 1 aliphatic rings. The van der Waals surface area contributed by atoms with Gasteiger partial charge in [0, 0.05) is 19.3 Å². The highest BCUT2D eigenvalue weighted by Gasteiger charge is 2.28. The summed E-state index contributed by atoms with van der Waals surface area (Å²) in [6.45, 7) is 4.66. The van der Waals surface area contributed by atoms with E-state index in [4.69, 9.17) is 4.74 Å². The smallest absolute Gasteiger partial charge is 0.410 e. The molecular weight excluding hydrogens is 453 g/mol. The van der Waals surface area contributed by atoms with Crippen molar-refractivity contribution in [2.24, 2.45) is 0 Å². The number of rotatable bonds is 5. The lowest BCUT2D eigenvalue weighted by Crippen LogP contribution is -2.40. The second kappa shape index (κ2) is 8.89. The van der Waals surface area contributed by atoms with Crippen molar-refractivity contribution >= 4 is 38.6 Å². The molecule has 1 fully saturated rings. The lowest BCUT2D eigenvalue weighted by atomic mass is 10.1. The van der Waals surface area contributed by atoms with Gasteiger partial charge in [0.1, 0.15) is 12.1 Å². The van der Waals surface area contributed by atoms with Crippen LogP contribution < -0.4 is 5.32 Å². The van der Waals surface area contributed by atoms with E-state index in [1.807, 2.05) is 13.8 Å². The number of nitrogens with zero attached hydrogens (tertiary/aromatic N) is 6. The van der Waals surface area contributed by atoms with Crippen LogP contribution in [-0.4, -0.2) is 69.8 Å². The summed E-state index contributed by atoms with van der Waals surface area (Å²) >= 11 is 0. The molecule has 1 aromatic carbocycles. The van der Waals surface area contributed by atoms with Gasteiger partial charge in [-0.15, -0.1) is 5.10 Å². The number of anilines is 2. The summed E-state index contributed by atoms with van der Waals surface area (Å²) in [5.41, 5.74) is 0.878. The Kier molecular flexibility index (Phi) is 6.15. The molecular formula is C20H24FN7O4S. The molecule has 4 rings (SSSR count). The maximum Gasteiger partial charge on any atom is 0.410 e. The fraction of sp³-hybridized carbons (Fsp3) is 0.450. The van der Waals surface area contributed by atoms with Gasteiger partial charge < -0.3 is 15.0 Å². The fourth-order valence-electron chi connectivity index (χ4n) is 3.63. The molecule has 0 saturated carbocycles. The topological polar surface area (TPSA) is 132 Å². The Morgan fingerprint density at radius 1 is 1.24 bits per heavy atom. The average molecular weight is 478 g/mol. The van der Waals surface area contributed by atoms with Gasteiger partial charge in [-0.2, -0.15) is 0 Å². The Morgan fingerprint density at radius 2 is 1.97 bits per heavy atom. The van der Waals surface area contributed by atoms with E-state index in [1.54, 1.807) is 9.58 Å². The van der Waals surface area contributed by atoms with E-state index in [2.05, 4.69) is 25.6 Å². The predicted octanol–water partition coefficient (Wildman–Crippen LogP) is 2.69. The number of nitrogens with one attached hydrogen (secondary N) is 1. The second-order valence-electron chi connectivity index (χ2n) is 8.12. The molecule has 13 heteroatoms. The number of ether oxygens (including phenoxy) is 1. The first-order valence-corrected chi connectivity index (χ1v) is 12.3. The van der Waals surface area contributed by atoms with Crippen LogP contribution in [0.25, 0.3) is 11.2 Å². The third kappa shape index (κ3) is 4.87. The van der Waals surface area contributed by atoms with Gasteiger partial charge in [0.25, 0.3) is 0 Å².